The number of nitrogens with zero attached hydrogens (tertiary/aromatic N) is 2. The predicted molar refractivity (Wildman–Crippen MR) is 77.1 cm³/mol. The van der Waals surface area contributed by atoms with E-state index in [0.717, 1.165) is 29.1 Å². The van der Waals surface area contributed by atoms with Crippen molar-refractivity contribution >= 4 is 0 Å². The van der Waals surface area contributed by atoms with Crippen LogP contribution < -0.4 is 15.2 Å². The zero-order valence-electron chi connectivity index (χ0n) is 11.8. The highest BCUT2D eigenvalue weighted by atomic mass is 16.5. The second-order valence-corrected chi connectivity index (χ2v) is 4.41. The van der Waals surface area contributed by atoms with E-state index in [2.05, 4.69) is 9.97 Å². The Bertz CT molecular complexity index is 556. The molecule has 2 N–H and O–H groups in total. The molecular weight excluding hydrogens is 254 g/mol. The lowest BCUT2D eigenvalue weighted by atomic mass is 10.1. The van der Waals surface area contributed by atoms with E-state index in [9.17, 15) is 0 Å². The van der Waals surface area contributed by atoms with Gasteiger partial charge in [-0.3, -0.25) is 0 Å². The average Bonchev–Trinajstić information content (AvgIpc) is 2.49. The number of nitrogens with two attached hydrogens (primary N) is 1. The van der Waals surface area contributed by atoms with Gasteiger partial charge in [0.1, 0.15) is 5.82 Å². The summed E-state index contributed by atoms with van der Waals surface area (Å²) >= 11 is 0. The molecule has 5 heteroatoms. The average molecular weight is 273 g/mol. The van der Waals surface area contributed by atoms with Crippen LogP contribution in [-0.2, 0) is 12.8 Å². The first-order valence-corrected chi connectivity index (χ1v) is 6.47. The second-order valence-electron chi connectivity index (χ2n) is 4.41. The van der Waals surface area contributed by atoms with Crippen molar-refractivity contribution in [3.8, 4) is 11.5 Å². The summed E-state index contributed by atoms with van der Waals surface area (Å²) in [6.07, 6.45) is 5.12. The lowest BCUT2D eigenvalue weighted by molar-refractivity contribution is 0.354. The zero-order valence-corrected chi connectivity index (χ0v) is 11.8. The highest BCUT2D eigenvalue weighted by Crippen LogP contribution is 2.28. The number of methoxy groups -OCH3 is 2. The van der Waals surface area contributed by atoms with E-state index in [-0.39, 0.29) is 0 Å². The Labute approximate surface area is 118 Å². The van der Waals surface area contributed by atoms with E-state index in [0.29, 0.717) is 18.7 Å². The fraction of sp³-hybridized carbons (Fsp3) is 0.333. The third-order valence-electron chi connectivity index (χ3n) is 3.00. The molecule has 1 aromatic heterocycles. The first-order valence-electron chi connectivity index (χ1n) is 6.47. The van der Waals surface area contributed by atoms with Gasteiger partial charge >= 0.3 is 0 Å². The number of hydrogen-bond donors (Lipinski definition) is 1. The molecule has 0 spiro atoms. The Balaban J connectivity index is 2.13. The molecule has 1 heterocycles. The van der Waals surface area contributed by atoms with Crippen molar-refractivity contribution in [3.63, 3.8) is 0 Å². The summed E-state index contributed by atoms with van der Waals surface area (Å²) in [7, 11) is 3.25. The molecule has 1 aromatic carbocycles. The molecule has 0 radical (unpaired) electrons. The fourth-order valence-electron chi connectivity index (χ4n) is 1.94. The van der Waals surface area contributed by atoms with Crippen LogP contribution in [0.25, 0.3) is 0 Å². The summed E-state index contributed by atoms with van der Waals surface area (Å²) in [5.74, 6) is 2.21. The van der Waals surface area contributed by atoms with E-state index in [1.165, 1.54) is 0 Å². The number of benzene rings is 1. The minimum Gasteiger partial charge on any atom is -0.493 e. The van der Waals surface area contributed by atoms with Gasteiger partial charge in [-0.1, -0.05) is 6.07 Å². The smallest absolute Gasteiger partial charge is 0.161 e. The standard InChI is InChI=1S/C15H19N3O2/c1-19-13-4-3-11(7-14(13)20-2)8-15-17-9-12(5-6-16)10-18-15/h3-4,7,9-10H,5-6,8,16H2,1-2H3. The van der Waals surface area contributed by atoms with Crippen molar-refractivity contribution in [2.45, 2.75) is 12.8 Å². The van der Waals surface area contributed by atoms with Crippen molar-refractivity contribution in [1.82, 2.24) is 9.97 Å². The van der Waals surface area contributed by atoms with Gasteiger partial charge in [0.15, 0.2) is 11.5 Å². The first-order chi connectivity index (χ1) is 9.76. The summed E-state index contributed by atoms with van der Waals surface area (Å²) in [6.45, 7) is 0.610. The van der Waals surface area contributed by atoms with Gasteiger partial charge in [-0.25, -0.2) is 9.97 Å². The minimum absolute atomic E-state index is 0.610. The third-order valence-corrected chi connectivity index (χ3v) is 3.00. The molecule has 0 atom stereocenters. The van der Waals surface area contributed by atoms with Crippen LogP contribution >= 0.6 is 0 Å². The van der Waals surface area contributed by atoms with Crippen molar-refractivity contribution < 1.29 is 9.47 Å². The maximum atomic E-state index is 5.50. The van der Waals surface area contributed by atoms with Gasteiger partial charge in [-0.15, -0.1) is 0 Å². The molecule has 5 nitrogen and oxygen atoms in total. The first kappa shape index (κ1) is 14.3. The number of rotatable bonds is 6. The molecule has 0 aliphatic carbocycles. The molecule has 0 fully saturated rings. The molecule has 0 aliphatic rings. The van der Waals surface area contributed by atoms with Crippen molar-refractivity contribution in [1.29, 1.82) is 0 Å². The van der Waals surface area contributed by atoms with E-state index in [1.807, 2.05) is 30.6 Å². The van der Waals surface area contributed by atoms with Crippen LogP contribution in [0.4, 0.5) is 0 Å². The highest BCUT2D eigenvalue weighted by molar-refractivity contribution is 5.43. The lowest BCUT2D eigenvalue weighted by Gasteiger charge is -2.09. The van der Waals surface area contributed by atoms with Crippen molar-refractivity contribution in [2.75, 3.05) is 20.8 Å². The molecule has 0 saturated carbocycles. The Kier molecular flexibility index (Phi) is 4.90. The van der Waals surface area contributed by atoms with Gasteiger partial charge in [-0.05, 0) is 36.2 Å². The van der Waals surface area contributed by atoms with Crippen LogP contribution in [0.5, 0.6) is 11.5 Å². The molecule has 20 heavy (non-hydrogen) atoms. The monoisotopic (exact) mass is 273 g/mol. The van der Waals surface area contributed by atoms with Gasteiger partial charge < -0.3 is 15.2 Å². The Morgan fingerprint density at radius 2 is 1.70 bits per heavy atom. The van der Waals surface area contributed by atoms with Gasteiger partial charge in [-0.2, -0.15) is 0 Å². The quantitative estimate of drug-likeness (QED) is 0.865. The lowest BCUT2D eigenvalue weighted by Crippen LogP contribution is -2.05. The minimum atomic E-state index is 0.610. The predicted octanol–water partition coefficient (Wildman–Crippen LogP) is 1.59. The maximum absolute atomic E-state index is 5.50. The summed E-state index contributed by atoms with van der Waals surface area (Å²) < 4.78 is 10.5. The largest absolute Gasteiger partial charge is 0.493 e. The van der Waals surface area contributed by atoms with Crippen LogP contribution in [0.2, 0.25) is 0 Å². The van der Waals surface area contributed by atoms with Crippen molar-refractivity contribution in [2.24, 2.45) is 5.73 Å². The van der Waals surface area contributed by atoms with E-state index >= 15 is 0 Å². The molecule has 2 rings (SSSR count). The van der Waals surface area contributed by atoms with Crippen LogP contribution in [-0.4, -0.2) is 30.7 Å². The Morgan fingerprint density at radius 3 is 2.30 bits per heavy atom. The SMILES string of the molecule is COc1ccc(Cc2ncc(CCN)cn2)cc1OC. The van der Waals surface area contributed by atoms with Gasteiger partial charge in [0, 0.05) is 18.8 Å². The summed E-state index contributed by atoms with van der Waals surface area (Å²) in [5, 5.41) is 0. The van der Waals surface area contributed by atoms with Crippen LogP contribution in [0.1, 0.15) is 17.0 Å². The summed E-state index contributed by atoms with van der Waals surface area (Å²) in [5.41, 5.74) is 7.64. The topological polar surface area (TPSA) is 70.3 Å². The number of ether oxygens (including phenoxy) is 2. The van der Waals surface area contributed by atoms with Crippen LogP contribution in [0, 0.1) is 0 Å². The Hall–Kier alpha value is -2.14. The molecule has 0 bridgehead atoms. The number of aromatic nitrogens is 2. The number of hydrogen-bond acceptors (Lipinski definition) is 5. The fourth-order valence-corrected chi connectivity index (χ4v) is 1.94. The van der Waals surface area contributed by atoms with Crippen LogP contribution in [0.3, 0.4) is 0 Å². The zero-order chi connectivity index (χ0) is 14.4. The van der Waals surface area contributed by atoms with E-state index in [1.54, 1.807) is 14.2 Å². The Morgan fingerprint density at radius 1 is 1.00 bits per heavy atom. The van der Waals surface area contributed by atoms with Crippen LogP contribution in [0.15, 0.2) is 30.6 Å². The normalized spacial score (nSPS) is 10.3. The third kappa shape index (κ3) is 3.45. The maximum Gasteiger partial charge on any atom is 0.161 e. The summed E-state index contributed by atoms with van der Waals surface area (Å²) in [6, 6.07) is 5.81. The second kappa shape index (κ2) is 6.86. The molecular formula is C15H19N3O2. The van der Waals surface area contributed by atoms with E-state index < -0.39 is 0 Å². The van der Waals surface area contributed by atoms with Gasteiger partial charge in [0.2, 0.25) is 0 Å². The van der Waals surface area contributed by atoms with Gasteiger partial charge in [0.25, 0.3) is 0 Å². The summed E-state index contributed by atoms with van der Waals surface area (Å²) in [4.78, 5) is 8.70. The molecule has 0 aliphatic heterocycles. The molecule has 0 amide bonds. The molecule has 0 unspecified atom stereocenters. The molecule has 2 aromatic rings. The van der Waals surface area contributed by atoms with E-state index in [4.69, 9.17) is 15.2 Å². The van der Waals surface area contributed by atoms with Crippen molar-refractivity contribution in [3.05, 3.63) is 47.5 Å². The molecule has 0 saturated heterocycles. The van der Waals surface area contributed by atoms with Gasteiger partial charge in [0.05, 0.1) is 14.2 Å². The molecule has 106 valence electrons. The highest BCUT2D eigenvalue weighted by Gasteiger charge is 2.06.